The van der Waals surface area contributed by atoms with Gasteiger partial charge in [0.25, 0.3) is 11.8 Å². The molecule has 2 aromatic rings. The first-order chi connectivity index (χ1) is 16.2. The van der Waals surface area contributed by atoms with Gasteiger partial charge in [-0.1, -0.05) is 30.7 Å². The first-order valence-electron chi connectivity index (χ1n) is 11.9. The molecule has 2 aliphatic heterocycles. The normalized spacial score (nSPS) is 18.3. The summed E-state index contributed by atoms with van der Waals surface area (Å²) >= 11 is 0. The number of nitrogens with one attached hydrogen (secondary N) is 2. The van der Waals surface area contributed by atoms with E-state index in [1.54, 1.807) is 7.11 Å². The van der Waals surface area contributed by atoms with Crippen molar-refractivity contribution >= 4 is 17.5 Å². The zero-order chi connectivity index (χ0) is 23.0. The number of fused-ring (bicyclic) bond motifs is 1. The molecule has 2 N–H and O–H groups in total. The molecule has 7 heteroatoms. The second-order valence-electron chi connectivity index (χ2n) is 8.72. The van der Waals surface area contributed by atoms with Crippen molar-refractivity contribution in [1.29, 1.82) is 0 Å². The van der Waals surface area contributed by atoms with Crippen LogP contribution in [0, 0.1) is 0 Å². The van der Waals surface area contributed by atoms with Crippen molar-refractivity contribution in [2.45, 2.75) is 31.8 Å². The Hall–Kier alpha value is -2.90. The van der Waals surface area contributed by atoms with Crippen LogP contribution >= 0.6 is 0 Å². The van der Waals surface area contributed by atoms with Crippen LogP contribution < -0.4 is 10.6 Å². The van der Waals surface area contributed by atoms with Crippen molar-refractivity contribution in [1.82, 2.24) is 15.1 Å². The summed E-state index contributed by atoms with van der Waals surface area (Å²) in [5, 5.41) is 6.53. The summed E-state index contributed by atoms with van der Waals surface area (Å²) in [7, 11) is 1.67. The van der Waals surface area contributed by atoms with Crippen molar-refractivity contribution in [3.8, 4) is 0 Å². The molecule has 2 aliphatic rings. The van der Waals surface area contributed by atoms with Gasteiger partial charge in [-0.3, -0.25) is 9.59 Å². The Bertz CT molecular complexity index is 958. The number of methoxy groups -OCH3 is 1. The third-order valence-electron chi connectivity index (χ3n) is 6.40. The Morgan fingerprint density at radius 3 is 2.70 bits per heavy atom. The molecule has 2 heterocycles. The predicted molar refractivity (Wildman–Crippen MR) is 129 cm³/mol. The zero-order valence-corrected chi connectivity index (χ0v) is 19.4. The highest BCUT2D eigenvalue weighted by Gasteiger charge is 2.36. The van der Waals surface area contributed by atoms with Gasteiger partial charge in [-0.25, -0.2) is 0 Å². The van der Waals surface area contributed by atoms with Crippen LogP contribution in [0.1, 0.15) is 58.1 Å². The summed E-state index contributed by atoms with van der Waals surface area (Å²) in [5.41, 5.74) is 3.10. The summed E-state index contributed by atoms with van der Waals surface area (Å²) < 4.78 is 5.17. The fourth-order valence-electron chi connectivity index (χ4n) is 4.66. The smallest absolute Gasteiger partial charge is 0.256 e. The van der Waals surface area contributed by atoms with Gasteiger partial charge in [-0.05, 0) is 56.6 Å². The Labute approximate surface area is 196 Å². The summed E-state index contributed by atoms with van der Waals surface area (Å²) in [6.07, 6.45) is 4.29. The lowest BCUT2D eigenvalue weighted by Crippen LogP contribution is -2.37. The molecule has 0 bridgehead atoms. The molecule has 1 atom stereocenters. The van der Waals surface area contributed by atoms with E-state index in [9.17, 15) is 9.59 Å². The van der Waals surface area contributed by atoms with Crippen LogP contribution in [0.2, 0.25) is 0 Å². The average molecular weight is 451 g/mol. The van der Waals surface area contributed by atoms with Gasteiger partial charge in [0.1, 0.15) is 6.17 Å². The van der Waals surface area contributed by atoms with Gasteiger partial charge in [0.05, 0.1) is 0 Å². The van der Waals surface area contributed by atoms with Gasteiger partial charge in [0.2, 0.25) is 0 Å². The monoisotopic (exact) mass is 450 g/mol. The van der Waals surface area contributed by atoms with E-state index in [4.69, 9.17) is 4.74 Å². The molecule has 2 amide bonds. The average Bonchev–Trinajstić information content (AvgIpc) is 3.11. The molecule has 1 unspecified atom stereocenters. The number of likely N-dealkylation sites (tertiary alicyclic amines) is 1. The maximum atomic E-state index is 13.0. The van der Waals surface area contributed by atoms with Gasteiger partial charge < -0.3 is 25.2 Å². The summed E-state index contributed by atoms with van der Waals surface area (Å²) in [6.45, 7) is 4.97. The second-order valence-corrected chi connectivity index (χ2v) is 8.72. The van der Waals surface area contributed by atoms with Gasteiger partial charge >= 0.3 is 0 Å². The molecule has 2 aromatic carbocycles. The molecular formula is C26H34N4O3. The van der Waals surface area contributed by atoms with Crippen molar-refractivity contribution < 1.29 is 14.3 Å². The van der Waals surface area contributed by atoms with Crippen LogP contribution in [0.15, 0.2) is 48.5 Å². The topological polar surface area (TPSA) is 73.9 Å². The molecule has 176 valence electrons. The highest BCUT2D eigenvalue weighted by atomic mass is 16.5. The number of carbonyl (C=O) groups is 2. The van der Waals surface area contributed by atoms with E-state index in [0.29, 0.717) is 25.3 Å². The van der Waals surface area contributed by atoms with E-state index in [-0.39, 0.29) is 18.0 Å². The van der Waals surface area contributed by atoms with E-state index in [1.165, 1.54) is 19.3 Å². The summed E-state index contributed by atoms with van der Waals surface area (Å²) in [5.74, 6) is -0.0543. The van der Waals surface area contributed by atoms with E-state index in [2.05, 4.69) is 15.5 Å². The Kier molecular flexibility index (Phi) is 7.96. The molecule has 0 radical (unpaired) electrons. The first kappa shape index (κ1) is 23.3. The fourth-order valence-corrected chi connectivity index (χ4v) is 4.66. The summed E-state index contributed by atoms with van der Waals surface area (Å²) in [4.78, 5) is 30.0. The first-order valence-corrected chi connectivity index (χ1v) is 11.9. The number of benzene rings is 2. The van der Waals surface area contributed by atoms with E-state index < -0.39 is 0 Å². The minimum absolute atomic E-state index is 0.0193. The van der Waals surface area contributed by atoms with E-state index in [0.717, 1.165) is 42.9 Å². The predicted octanol–water partition coefficient (Wildman–Crippen LogP) is 3.51. The molecule has 0 aromatic heterocycles. The second kappa shape index (κ2) is 11.3. The Morgan fingerprint density at radius 2 is 1.88 bits per heavy atom. The van der Waals surface area contributed by atoms with Gasteiger partial charge in [-0.15, -0.1) is 0 Å². The van der Waals surface area contributed by atoms with Crippen LogP contribution in [-0.2, 0) is 4.74 Å². The lowest BCUT2D eigenvalue weighted by atomic mass is 10.1. The van der Waals surface area contributed by atoms with Gasteiger partial charge in [-0.2, -0.15) is 0 Å². The quantitative estimate of drug-likeness (QED) is 0.542. The number of anilines is 1. The SMILES string of the molecule is COCCCN1C(=O)c2ccccc2C1Nc1cccc(C(=O)NCCN2CCCCC2)c1. The molecule has 0 spiro atoms. The molecule has 1 saturated heterocycles. The molecule has 4 rings (SSSR count). The van der Waals surface area contributed by atoms with Crippen molar-refractivity contribution in [2.75, 3.05) is 51.8 Å². The van der Waals surface area contributed by atoms with Crippen LogP contribution in [0.25, 0.3) is 0 Å². The Balaban J connectivity index is 1.41. The minimum atomic E-state index is -0.275. The summed E-state index contributed by atoms with van der Waals surface area (Å²) in [6, 6.07) is 15.2. The van der Waals surface area contributed by atoms with E-state index in [1.807, 2.05) is 53.4 Å². The molecule has 33 heavy (non-hydrogen) atoms. The number of carbonyl (C=O) groups excluding carboxylic acids is 2. The molecule has 0 aliphatic carbocycles. The number of hydrogen-bond donors (Lipinski definition) is 2. The van der Waals surface area contributed by atoms with Crippen LogP contribution in [-0.4, -0.2) is 68.1 Å². The fraction of sp³-hybridized carbons (Fsp3) is 0.462. The molecule has 7 nitrogen and oxygen atoms in total. The number of ether oxygens (including phenoxy) is 1. The number of hydrogen-bond acceptors (Lipinski definition) is 5. The lowest BCUT2D eigenvalue weighted by Gasteiger charge is -2.27. The van der Waals surface area contributed by atoms with Crippen LogP contribution in [0.3, 0.4) is 0 Å². The van der Waals surface area contributed by atoms with Gasteiger partial charge in [0.15, 0.2) is 0 Å². The maximum Gasteiger partial charge on any atom is 0.256 e. The van der Waals surface area contributed by atoms with Crippen LogP contribution in [0.5, 0.6) is 0 Å². The van der Waals surface area contributed by atoms with E-state index >= 15 is 0 Å². The van der Waals surface area contributed by atoms with Crippen molar-refractivity contribution in [3.63, 3.8) is 0 Å². The van der Waals surface area contributed by atoms with Gasteiger partial charge in [0, 0.05) is 55.7 Å². The highest BCUT2D eigenvalue weighted by molar-refractivity contribution is 5.99. The largest absolute Gasteiger partial charge is 0.385 e. The molecular weight excluding hydrogens is 416 g/mol. The number of piperidine rings is 1. The van der Waals surface area contributed by atoms with Crippen molar-refractivity contribution in [3.05, 3.63) is 65.2 Å². The van der Waals surface area contributed by atoms with Crippen LogP contribution in [0.4, 0.5) is 5.69 Å². The number of amides is 2. The highest BCUT2D eigenvalue weighted by Crippen LogP contribution is 2.34. The number of rotatable bonds is 10. The van der Waals surface area contributed by atoms with Crippen molar-refractivity contribution in [2.24, 2.45) is 0 Å². The standard InChI is InChI=1S/C26H34N4O3/c1-33-18-8-16-30-24(22-11-3-4-12-23(22)26(30)32)28-21-10-7-9-20(19-21)25(31)27-13-17-29-14-5-2-6-15-29/h3-4,7,9-12,19,24,28H,2,5-6,8,13-18H2,1H3,(H,27,31). The zero-order valence-electron chi connectivity index (χ0n) is 19.4. The number of nitrogens with zero attached hydrogens (tertiary/aromatic N) is 2. The third kappa shape index (κ3) is 5.72. The Morgan fingerprint density at radius 1 is 1.06 bits per heavy atom. The molecule has 1 fully saturated rings. The molecule has 0 saturated carbocycles. The lowest BCUT2D eigenvalue weighted by molar-refractivity contribution is 0.0721. The minimum Gasteiger partial charge on any atom is -0.385 e. The third-order valence-corrected chi connectivity index (χ3v) is 6.40. The maximum absolute atomic E-state index is 13.0.